The van der Waals surface area contributed by atoms with Crippen LogP contribution in [-0.2, 0) is 20.7 Å². The van der Waals surface area contributed by atoms with Gasteiger partial charge in [0.15, 0.2) is 5.82 Å². The number of aryl methyl sites for hydroxylation is 2. The van der Waals surface area contributed by atoms with Gasteiger partial charge < -0.3 is 14.6 Å². The number of aromatic nitrogens is 2. The molecule has 1 aromatic carbocycles. The van der Waals surface area contributed by atoms with Gasteiger partial charge in [-0.25, -0.2) is 13.8 Å². The van der Waals surface area contributed by atoms with Crippen LogP contribution in [0.25, 0.3) is 11.1 Å². The van der Waals surface area contributed by atoms with E-state index in [0.29, 0.717) is 48.4 Å². The average Bonchev–Trinajstić information content (AvgIpc) is 2.98. The summed E-state index contributed by atoms with van der Waals surface area (Å²) >= 11 is 0. The van der Waals surface area contributed by atoms with E-state index in [0.717, 1.165) is 21.3 Å². The lowest BCUT2D eigenvalue weighted by Gasteiger charge is -2.34. The van der Waals surface area contributed by atoms with E-state index in [1.165, 1.54) is 18.5 Å². The van der Waals surface area contributed by atoms with Crippen LogP contribution in [0.4, 0.5) is 8.78 Å². The van der Waals surface area contributed by atoms with Crippen molar-refractivity contribution in [2.75, 3.05) is 26.2 Å². The molecule has 1 fully saturated rings. The first kappa shape index (κ1) is 34.5. The zero-order valence-electron chi connectivity index (χ0n) is 27.1. The zero-order chi connectivity index (χ0) is 33.5. The Balaban J connectivity index is 1.72. The number of rotatable bonds is 13. The second kappa shape index (κ2) is 15.3. The van der Waals surface area contributed by atoms with Gasteiger partial charge in [0.25, 0.3) is 5.56 Å². The Hall–Kier alpha value is -4.36. The van der Waals surface area contributed by atoms with Crippen molar-refractivity contribution in [2.45, 2.75) is 72.1 Å². The number of carbonyl (C=O) groups is 2. The van der Waals surface area contributed by atoms with Gasteiger partial charge in [0.05, 0.1) is 19.1 Å². The number of hydrogen-bond acceptors (Lipinski definition) is 6. The Morgan fingerprint density at radius 1 is 1.20 bits per heavy atom. The summed E-state index contributed by atoms with van der Waals surface area (Å²) in [7, 11) is 0. The number of likely N-dealkylation sites (tertiary alicyclic amines) is 1. The quantitative estimate of drug-likeness (QED) is 0.205. The molecule has 0 spiro atoms. The van der Waals surface area contributed by atoms with E-state index < -0.39 is 41.5 Å². The molecule has 2 unspecified atom stereocenters. The van der Waals surface area contributed by atoms with Gasteiger partial charge in [-0.15, -0.1) is 6.42 Å². The summed E-state index contributed by atoms with van der Waals surface area (Å²) in [5.74, 6) is 0.542. The molecule has 0 bridgehead atoms. The van der Waals surface area contributed by atoms with E-state index in [1.54, 1.807) is 6.92 Å². The van der Waals surface area contributed by atoms with Crippen molar-refractivity contribution in [3.8, 4) is 23.5 Å². The van der Waals surface area contributed by atoms with Crippen LogP contribution < -0.4 is 10.9 Å². The van der Waals surface area contributed by atoms with E-state index in [1.807, 2.05) is 56.9 Å². The molecule has 244 valence electrons. The summed E-state index contributed by atoms with van der Waals surface area (Å²) in [4.78, 5) is 46.4. The van der Waals surface area contributed by atoms with E-state index >= 15 is 0 Å². The number of ether oxygens (including phenoxy) is 1. The molecular weight excluding hydrogens is 590 g/mol. The SMILES string of the molecule is C#Cc1ncc(C(CC(=O)OCC)NC(=O)C(CC(C)C)n2cc(CCN3CC(F)C3)cc(F)c2=O)cc1-c1c(C)cccc1C. The van der Waals surface area contributed by atoms with Crippen LogP contribution >= 0.6 is 0 Å². The van der Waals surface area contributed by atoms with Crippen molar-refractivity contribution in [1.29, 1.82) is 0 Å². The van der Waals surface area contributed by atoms with Gasteiger partial charge >= 0.3 is 5.97 Å². The van der Waals surface area contributed by atoms with Crippen LogP contribution in [0.5, 0.6) is 0 Å². The number of amides is 1. The van der Waals surface area contributed by atoms with Crippen LogP contribution in [0, 0.1) is 37.9 Å². The molecular formula is C36H42F2N4O4. The smallest absolute Gasteiger partial charge is 0.308 e. The summed E-state index contributed by atoms with van der Waals surface area (Å²) in [6, 6.07) is 6.93. The number of carbonyl (C=O) groups excluding carboxylic acids is 2. The second-order valence-electron chi connectivity index (χ2n) is 12.3. The minimum atomic E-state index is -1.07. The highest BCUT2D eigenvalue weighted by Gasteiger charge is 2.30. The standard InChI is InChI=1S/C36H42F2N4O4/c1-7-30-28(34-23(5)10-9-11-24(34)6)16-26(18-39-30)31(17-33(43)46-8-2)40-35(44)32(14-22(3)4)42-19-25(15-29(38)36(42)45)12-13-41-20-27(37)21-41/h1,9-11,15-16,18-19,22,27,31-32H,8,12-14,17,20-21H2,2-6H3,(H,40,44). The average molecular weight is 633 g/mol. The molecule has 2 atom stereocenters. The van der Waals surface area contributed by atoms with E-state index in [-0.39, 0.29) is 25.4 Å². The highest BCUT2D eigenvalue weighted by atomic mass is 19.1. The van der Waals surface area contributed by atoms with E-state index in [9.17, 15) is 23.2 Å². The molecule has 4 rings (SSSR count). The van der Waals surface area contributed by atoms with Gasteiger partial charge in [-0.05, 0) is 85.4 Å². The molecule has 1 N–H and O–H groups in total. The Labute approximate surface area is 269 Å². The van der Waals surface area contributed by atoms with Gasteiger partial charge in [0, 0.05) is 37.6 Å². The molecule has 1 saturated heterocycles. The Morgan fingerprint density at radius 2 is 1.89 bits per heavy atom. The number of esters is 1. The minimum absolute atomic E-state index is 0.0346. The summed E-state index contributed by atoms with van der Waals surface area (Å²) in [6.45, 7) is 10.7. The fraction of sp³-hybridized carbons (Fsp3) is 0.444. The number of alkyl halides is 1. The minimum Gasteiger partial charge on any atom is -0.466 e. The summed E-state index contributed by atoms with van der Waals surface area (Å²) < 4.78 is 34.6. The fourth-order valence-corrected chi connectivity index (χ4v) is 5.88. The highest BCUT2D eigenvalue weighted by molar-refractivity contribution is 5.82. The first-order chi connectivity index (χ1) is 21.9. The number of pyridine rings is 2. The lowest BCUT2D eigenvalue weighted by Crippen LogP contribution is -2.49. The number of hydrogen-bond donors (Lipinski definition) is 1. The summed E-state index contributed by atoms with van der Waals surface area (Å²) in [6.07, 6.45) is 8.42. The largest absolute Gasteiger partial charge is 0.466 e. The van der Waals surface area contributed by atoms with Gasteiger partial charge in [0.1, 0.15) is 17.9 Å². The van der Waals surface area contributed by atoms with Crippen LogP contribution in [0.2, 0.25) is 0 Å². The maximum atomic E-state index is 15.0. The van der Waals surface area contributed by atoms with Crippen molar-refractivity contribution < 1.29 is 23.1 Å². The van der Waals surface area contributed by atoms with Crippen molar-refractivity contribution >= 4 is 11.9 Å². The lowest BCUT2D eigenvalue weighted by molar-refractivity contribution is -0.144. The lowest BCUT2D eigenvalue weighted by atomic mass is 9.92. The molecule has 0 aliphatic carbocycles. The van der Waals surface area contributed by atoms with Crippen molar-refractivity contribution in [3.63, 3.8) is 0 Å². The first-order valence-electron chi connectivity index (χ1n) is 15.7. The van der Waals surface area contributed by atoms with Gasteiger partial charge in [0.2, 0.25) is 5.91 Å². The molecule has 46 heavy (non-hydrogen) atoms. The maximum absolute atomic E-state index is 15.0. The zero-order valence-corrected chi connectivity index (χ0v) is 27.1. The Kier molecular flexibility index (Phi) is 11.5. The monoisotopic (exact) mass is 632 g/mol. The Bertz CT molecular complexity index is 1650. The van der Waals surface area contributed by atoms with Crippen molar-refractivity contribution in [2.24, 2.45) is 5.92 Å². The van der Waals surface area contributed by atoms with Crippen LogP contribution in [0.3, 0.4) is 0 Å². The molecule has 3 aromatic rings. The molecule has 0 radical (unpaired) electrons. The number of terminal acetylenes is 1. The molecule has 3 heterocycles. The Morgan fingerprint density at radius 3 is 2.50 bits per heavy atom. The molecule has 10 heteroatoms. The van der Waals surface area contributed by atoms with Gasteiger partial charge in [-0.2, -0.15) is 0 Å². The van der Waals surface area contributed by atoms with Crippen LogP contribution in [0.1, 0.15) is 73.6 Å². The highest BCUT2D eigenvalue weighted by Crippen LogP contribution is 2.32. The third kappa shape index (κ3) is 8.26. The van der Waals surface area contributed by atoms with Gasteiger partial charge in [-0.3, -0.25) is 19.3 Å². The first-order valence-corrected chi connectivity index (χ1v) is 15.7. The van der Waals surface area contributed by atoms with Crippen LogP contribution in [0.15, 0.2) is 47.5 Å². The molecule has 0 saturated carbocycles. The van der Waals surface area contributed by atoms with E-state index in [2.05, 4.69) is 16.2 Å². The number of nitrogens with zero attached hydrogens (tertiary/aromatic N) is 3. The molecule has 1 aliphatic rings. The third-order valence-electron chi connectivity index (χ3n) is 8.21. The molecule has 8 nitrogen and oxygen atoms in total. The van der Waals surface area contributed by atoms with Crippen molar-refractivity contribution in [1.82, 2.24) is 19.8 Å². The molecule has 1 amide bonds. The fourth-order valence-electron chi connectivity index (χ4n) is 5.88. The number of halogens is 2. The third-order valence-corrected chi connectivity index (χ3v) is 8.21. The molecule has 2 aromatic heterocycles. The predicted octanol–water partition coefficient (Wildman–Crippen LogP) is 5.24. The van der Waals surface area contributed by atoms with Gasteiger partial charge in [-0.1, -0.05) is 32.0 Å². The topological polar surface area (TPSA) is 93.5 Å². The summed E-state index contributed by atoms with van der Waals surface area (Å²) in [5, 5.41) is 2.95. The number of nitrogens with one attached hydrogen (secondary N) is 1. The summed E-state index contributed by atoms with van der Waals surface area (Å²) in [5.41, 5.74) is 4.10. The normalized spacial score (nSPS) is 14.8. The molecule has 1 aliphatic heterocycles. The predicted molar refractivity (Wildman–Crippen MR) is 173 cm³/mol. The van der Waals surface area contributed by atoms with Crippen LogP contribution in [-0.4, -0.2) is 58.7 Å². The maximum Gasteiger partial charge on any atom is 0.308 e. The number of benzene rings is 1. The van der Waals surface area contributed by atoms with E-state index in [4.69, 9.17) is 11.2 Å². The van der Waals surface area contributed by atoms with Crippen molar-refractivity contribution in [3.05, 3.63) is 86.8 Å². The second-order valence-corrected chi connectivity index (χ2v) is 12.3.